The van der Waals surface area contributed by atoms with Crippen LogP contribution in [-0.2, 0) is 28.1 Å². The van der Waals surface area contributed by atoms with Crippen molar-refractivity contribution in [3.05, 3.63) is 0 Å². The number of hydrogen-bond acceptors (Lipinski definition) is 7. The summed E-state index contributed by atoms with van der Waals surface area (Å²) < 4.78 is 50.8. The van der Waals surface area contributed by atoms with Gasteiger partial charge in [0.15, 0.2) is 0 Å². The van der Waals surface area contributed by atoms with E-state index in [0.717, 1.165) is 25.4 Å². The third kappa shape index (κ3) is 15.0. The molecule has 0 aromatic rings. The number of amides is 1. The lowest BCUT2D eigenvalue weighted by atomic mass is 9.99. The number of likely N-dealkylation sites (tertiary alicyclic amines) is 1. The fourth-order valence-corrected chi connectivity index (χ4v) is 2.35. The molecule has 0 aromatic heterocycles. The van der Waals surface area contributed by atoms with Crippen molar-refractivity contribution in [2.45, 2.75) is 39.2 Å². The standard InChI is InChI=1S/C12H23NO5S.CH3ClO2S/c1-12(2,3)18-11(14)13-7-5-6-10(8-13)9-17-19(4,15)16;1-5(2,3)4/h10H,5-9H2,1-4H3;1H3. The number of carbonyl (C=O) groups is 1. The molecule has 1 atom stereocenters. The Hall–Kier alpha value is -0.580. The fourth-order valence-electron chi connectivity index (χ4n) is 1.91. The highest BCUT2D eigenvalue weighted by Gasteiger charge is 2.28. The van der Waals surface area contributed by atoms with Gasteiger partial charge < -0.3 is 9.64 Å². The summed E-state index contributed by atoms with van der Waals surface area (Å²) in [5.74, 6) is 0.0380. The van der Waals surface area contributed by atoms with Gasteiger partial charge in [-0.2, -0.15) is 8.42 Å². The first-order valence-corrected chi connectivity index (χ1v) is 11.8. The van der Waals surface area contributed by atoms with Crippen molar-refractivity contribution in [2.75, 3.05) is 32.2 Å². The molecule has 24 heavy (non-hydrogen) atoms. The lowest BCUT2D eigenvalue weighted by molar-refractivity contribution is 0.0142. The number of piperidine rings is 1. The lowest BCUT2D eigenvalue weighted by Crippen LogP contribution is -2.43. The van der Waals surface area contributed by atoms with Crippen LogP contribution < -0.4 is 0 Å². The van der Waals surface area contributed by atoms with E-state index in [1.807, 2.05) is 20.8 Å². The van der Waals surface area contributed by atoms with E-state index in [2.05, 4.69) is 10.7 Å². The van der Waals surface area contributed by atoms with Crippen molar-refractivity contribution in [3.8, 4) is 0 Å². The topological polar surface area (TPSA) is 107 Å². The first-order valence-electron chi connectivity index (χ1n) is 7.29. The van der Waals surface area contributed by atoms with Crippen LogP contribution in [0.1, 0.15) is 33.6 Å². The van der Waals surface area contributed by atoms with E-state index in [1.165, 1.54) is 0 Å². The van der Waals surface area contributed by atoms with Crippen LogP contribution >= 0.6 is 10.7 Å². The van der Waals surface area contributed by atoms with Crippen LogP contribution in [0.5, 0.6) is 0 Å². The minimum atomic E-state index is -3.42. The third-order valence-electron chi connectivity index (χ3n) is 2.69. The van der Waals surface area contributed by atoms with Gasteiger partial charge in [0, 0.05) is 29.7 Å². The summed E-state index contributed by atoms with van der Waals surface area (Å²) in [6.45, 7) is 6.70. The molecular weight excluding hydrogens is 382 g/mol. The summed E-state index contributed by atoms with van der Waals surface area (Å²) in [6.07, 6.45) is 3.29. The average molecular weight is 408 g/mol. The molecule has 1 heterocycles. The molecule has 1 aliphatic heterocycles. The number of hydrogen-bond donors (Lipinski definition) is 0. The number of rotatable bonds is 3. The van der Waals surface area contributed by atoms with Gasteiger partial charge in [0.05, 0.1) is 19.1 Å². The molecule has 1 saturated heterocycles. The predicted molar refractivity (Wildman–Crippen MR) is 92.0 cm³/mol. The minimum absolute atomic E-state index is 0.0380. The molecule has 1 fully saturated rings. The van der Waals surface area contributed by atoms with Gasteiger partial charge in [-0.15, -0.1) is 0 Å². The highest BCUT2D eigenvalue weighted by molar-refractivity contribution is 8.13. The van der Waals surface area contributed by atoms with Crippen LogP contribution in [0, 0.1) is 5.92 Å². The maximum absolute atomic E-state index is 11.9. The Balaban J connectivity index is 0.000000922. The average Bonchev–Trinajstić information content (AvgIpc) is 2.32. The van der Waals surface area contributed by atoms with Crippen molar-refractivity contribution < 1.29 is 30.6 Å². The number of nitrogens with zero attached hydrogens (tertiary/aromatic N) is 1. The fraction of sp³-hybridized carbons (Fsp3) is 0.923. The van der Waals surface area contributed by atoms with E-state index in [1.54, 1.807) is 4.90 Å². The van der Waals surface area contributed by atoms with E-state index in [9.17, 15) is 21.6 Å². The normalized spacial score (nSPS) is 19.2. The highest BCUT2D eigenvalue weighted by Crippen LogP contribution is 2.20. The van der Waals surface area contributed by atoms with Crippen molar-refractivity contribution in [1.82, 2.24) is 4.90 Å². The SMILES string of the molecule is CC(C)(C)OC(=O)N1CCCC(COS(C)(=O)=O)C1.CS(=O)(=O)Cl. The number of ether oxygens (including phenoxy) is 1. The second-order valence-electron chi connectivity index (χ2n) is 6.60. The molecule has 0 N–H and O–H groups in total. The predicted octanol–water partition coefficient (Wildman–Crippen LogP) is 1.79. The summed E-state index contributed by atoms with van der Waals surface area (Å²) in [5, 5.41) is 0. The quantitative estimate of drug-likeness (QED) is 0.518. The van der Waals surface area contributed by atoms with E-state index >= 15 is 0 Å². The summed E-state index contributed by atoms with van der Waals surface area (Å²) in [4.78, 5) is 13.5. The van der Waals surface area contributed by atoms with Gasteiger partial charge in [-0.05, 0) is 33.6 Å². The van der Waals surface area contributed by atoms with Gasteiger partial charge in [-0.1, -0.05) is 0 Å². The monoisotopic (exact) mass is 407 g/mol. The summed E-state index contributed by atoms with van der Waals surface area (Å²) >= 11 is 0. The molecule has 1 unspecified atom stereocenters. The first-order chi connectivity index (χ1) is 10.6. The molecule has 1 aliphatic rings. The van der Waals surface area contributed by atoms with Crippen molar-refractivity contribution in [2.24, 2.45) is 5.92 Å². The minimum Gasteiger partial charge on any atom is -0.444 e. The molecular formula is C13H26ClNO7S2. The Labute approximate surface area is 149 Å². The van der Waals surface area contributed by atoms with Gasteiger partial charge in [-0.3, -0.25) is 4.18 Å². The van der Waals surface area contributed by atoms with Crippen LogP contribution in [0.2, 0.25) is 0 Å². The molecule has 8 nitrogen and oxygen atoms in total. The molecule has 1 rings (SSSR count). The van der Waals surface area contributed by atoms with Crippen LogP contribution in [0.15, 0.2) is 0 Å². The number of halogens is 1. The van der Waals surface area contributed by atoms with Gasteiger partial charge in [0.2, 0.25) is 9.05 Å². The lowest BCUT2D eigenvalue weighted by Gasteiger charge is -2.33. The van der Waals surface area contributed by atoms with Gasteiger partial charge >= 0.3 is 6.09 Å². The zero-order chi connectivity index (χ0) is 19.2. The van der Waals surface area contributed by atoms with Crippen LogP contribution in [0.4, 0.5) is 4.79 Å². The Kier molecular flexibility index (Phi) is 8.99. The van der Waals surface area contributed by atoms with Gasteiger partial charge in [0.1, 0.15) is 5.60 Å². The van der Waals surface area contributed by atoms with Crippen molar-refractivity contribution >= 4 is 35.9 Å². The number of carbonyl (C=O) groups excluding carboxylic acids is 1. The summed E-state index contributed by atoms with van der Waals surface area (Å²) in [5.41, 5.74) is -0.521. The molecule has 0 aliphatic carbocycles. The molecule has 11 heteroatoms. The van der Waals surface area contributed by atoms with Crippen molar-refractivity contribution in [1.29, 1.82) is 0 Å². The Morgan fingerprint density at radius 2 is 1.71 bits per heavy atom. The first kappa shape index (κ1) is 23.4. The Morgan fingerprint density at radius 1 is 1.21 bits per heavy atom. The Morgan fingerprint density at radius 3 is 2.12 bits per heavy atom. The molecule has 0 saturated carbocycles. The maximum Gasteiger partial charge on any atom is 0.410 e. The van der Waals surface area contributed by atoms with Gasteiger partial charge in [-0.25, -0.2) is 13.2 Å². The highest BCUT2D eigenvalue weighted by atomic mass is 35.7. The van der Waals surface area contributed by atoms with Crippen molar-refractivity contribution in [3.63, 3.8) is 0 Å². The largest absolute Gasteiger partial charge is 0.444 e. The molecule has 144 valence electrons. The smallest absolute Gasteiger partial charge is 0.410 e. The van der Waals surface area contributed by atoms with E-state index in [-0.39, 0.29) is 18.6 Å². The van der Waals surface area contributed by atoms with E-state index in [0.29, 0.717) is 13.1 Å². The zero-order valence-electron chi connectivity index (χ0n) is 14.6. The third-order valence-corrected chi connectivity index (χ3v) is 3.25. The van der Waals surface area contributed by atoms with Crippen LogP contribution in [0.25, 0.3) is 0 Å². The molecule has 0 bridgehead atoms. The second kappa shape index (κ2) is 9.21. The van der Waals surface area contributed by atoms with Crippen LogP contribution in [-0.4, -0.2) is 65.6 Å². The zero-order valence-corrected chi connectivity index (χ0v) is 17.0. The summed E-state index contributed by atoms with van der Waals surface area (Å²) in [7, 11) is -2.12. The summed E-state index contributed by atoms with van der Waals surface area (Å²) in [6, 6.07) is 0. The second-order valence-corrected chi connectivity index (χ2v) is 11.3. The Bertz CT molecular complexity index is 603. The van der Waals surface area contributed by atoms with E-state index < -0.39 is 24.8 Å². The maximum atomic E-state index is 11.9. The molecule has 1 amide bonds. The van der Waals surface area contributed by atoms with Gasteiger partial charge in [0.25, 0.3) is 10.1 Å². The molecule has 0 aromatic carbocycles. The molecule has 0 radical (unpaired) electrons. The van der Waals surface area contributed by atoms with E-state index in [4.69, 9.17) is 8.92 Å². The molecule has 0 spiro atoms. The van der Waals surface area contributed by atoms with Crippen LogP contribution in [0.3, 0.4) is 0 Å².